The van der Waals surface area contributed by atoms with Crippen molar-refractivity contribution in [2.24, 2.45) is 5.73 Å². The predicted octanol–water partition coefficient (Wildman–Crippen LogP) is 0.336. The lowest BCUT2D eigenvalue weighted by Gasteiger charge is -2.05. The Labute approximate surface area is 69.0 Å². The molecule has 5 nitrogen and oxygen atoms in total. The van der Waals surface area contributed by atoms with Gasteiger partial charge in [-0.15, -0.1) is 0 Å². The van der Waals surface area contributed by atoms with Crippen molar-refractivity contribution in [1.82, 2.24) is 0 Å². The first-order chi connectivity index (χ1) is 5.61. The van der Waals surface area contributed by atoms with Gasteiger partial charge in [-0.3, -0.25) is 4.79 Å². The van der Waals surface area contributed by atoms with E-state index in [4.69, 9.17) is 21.0 Å². The highest BCUT2D eigenvalue weighted by Crippen LogP contribution is 2.21. The molecular weight excluding hydrogens is 160 g/mol. The quantitative estimate of drug-likeness (QED) is 0.606. The Balaban J connectivity index is 2.71. The first-order valence-corrected chi connectivity index (χ1v) is 3.40. The molecule has 1 rings (SSSR count). The molecule has 0 aliphatic carbocycles. The van der Waals surface area contributed by atoms with Crippen molar-refractivity contribution in [2.45, 2.75) is 12.5 Å². The van der Waals surface area contributed by atoms with Gasteiger partial charge in [0, 0.05) is 11.6 Å². The van der Waals surface area contributed by atoms with E-state index in [1.807, 2.05) is 0 Å². The summed E-state index contributed by atoms with van der Waals surface area (Å²) in [6.07, 6.45) is 2.55. The molecule has 0 saturated heterocycles. The number of furan rings is 1. The van der Waals surface area contributed by atoms with Crippen LogP contribution in [0, 0.1) is 0 Å². The Bertz CT molecular complexity index is 282. The van der Waals surface area contributed by atoms with Crippen molar-refractivity contribution < 1.29 is 14.3 Å². The van der Waals surface area contributed by atoms with Crippen LogP contribution >= 0.6 is 0 Å². The number of anilines is 1. The molecule has 0 amide bonds. The van der Waals surface area contributed by atoms with E-state index < -0.39 is 12.0 Å². The normalized spacial score (nSPS) is 12.8. The van der Waals surface area contributed by atoms with Crippen molar-refractivity contribution >= 4 is 11.7 Å². The van der Waals surface area contributed by atoms with E-state index in [-0.39, 0.29) is 6.42 Å². The van der Waals surface area contributed by atoms with Crippen LogP contribution in [0.4, 0.5) is 5.69 Å². The fraction of sp³-hybridized carbons (Fsp3) is 0.286. The molecule has 1 aromatic heterocycles. The summed E-state index contributed by atoms with van der Waals surface area (Å²) in [6, 6.07) is -0.596. The summed E-state index contributed by atoms with van der Waals surface area (Å²) in [5.74, 6) is -0.955. The van der Waals surface area contributed by atoms with E-state index in [9.17, 15) is 4.79 Å². The third-order valence-electron chi connectivity index (χ3n) is 1.52. The Morgan fingerprint density at radius 3 is 2.75 bits per heavy atom. The molecule has 0 saturated carbocycles. The van der Waals surface area contributed by atoms with Gasteiger partial charge in [0.2, 0.25) is 0 Å². The molecule has 5 heteroatoms. The van der Waals surface area contributed by atoms with Crippen molar-refractivity contribution in [1.29, 1.82) is 0 Å². The molecule has 0 aliphatic heterocycles. The van der Waals surface area contributed by atoms with Gasteiger partial charge in [-0.25, -0.2) is 0 Å². The van der Waals surface area contributed by atoms with Gasteiger partial charge in [-0.05, 0) is 0 Å². The van der Waals surface area contributed by atoms with Crippen LogP contribution in [0.3, 0.4) is 0 Å². The van der Waals surface area contributed by atoms with Gasteiger partial charge in [0.05, 0.1) is 18.4 Å². The molecule has 0 bridgehead atoms. The Hall–Kier alpha value is -1.49. The third-order valence-corrected chi connectivity index (χ3v) is 1.52. The molecule has 5 N–H and O–H groups in total. The molecule has 0 radical (unpaired) electrons. The Morgan fingerprint density at radius 1 is 1.67 bits per heavy atom. The van der Waals surface area contributed by atoms with E-state index in [1.54, 1.807) is 0 Å². The van der Waals surface area contributed by atoms with E-state index in [1.165, 1.54) is 12.5 Å². The Morgan fingerprint density at radius 2 is 2.33 bits per heavy atom. The zero-order chi connectivity index (χ0) is 9.14. The second-order valence-corrected chi connectivity index (χ2v) is 2.49. The summed E-state index contributed by atoms with van der Waals surface area (Å²) < 4.78 is 4.75. The zero-order valence-corrected chi connectivity index (χ0v) is 6.36. The number of carboxylic acids is 1. The van der Waals surface area contributed by atoms with Gasteiger partial charge < -0.3 is 21.0 Å². The molecule has 0 aromatic carbocycles. The van der Waals surface area contributed by atoms with Gasteiger partial charge >= 0.3 is 5.97 Å². The highest BCUT2D eigenvalue weighted by atomic mass is 16.4. The molecule has 0 aliphatic rings. The summed E-state index contributed by atoms with van der Waals surface area (Å²) in [5.41, 5.74) is 11.9. The smallest absolute Gasteiger partial charge is 0.305 e. The maximum absolute atomic E-state index is 10.3. The van der Waals surface area contributed by atoms with Crippen LogP contribution in [0.5, 0.6) is 0 Å². The van der Waals surface area contributed by atoms with Crippen LogP contribution in [-0.4, -0.2) is 11.1 Å². The average molecular weight is 170 g/mol. The minimum atomic E-state index is -0.955. The SMILES string of the molecule is Nc1cocc1[C@H](N)CC(=O)O. The number of carboxylic acid groups (broad SMARTS) is 1. The largest absolute Gasteiger partial charge is 0.481 e. The summed E-state index contributed by atoms with van der Waals surface area (Å²) >= 11 is 0. The summed E-state index contributed by atoms with van der Waals surface area (Å²) in [6.45, 7) is 0. The minimum Gasteiger partial charge on any atom is -0.481 e. The number of hydrogen-bond acceptors (Lipinski definition) is 4. The zero-order valence-electron chi connectivity index (χ0n) is 6.36. The second-order valence-electron chi connectivity index (χ2n) is 2.49. The first kappa shape index (κ1) is 8.61. The van der Waals surface area contributed by atoms with Crippen LogP contribution in [0.25, 0.3) is 0 Å². The fourth-order valence-corrected chi connectivity index (χ4v) is 0.916. The summed E-state index contributed by atoms with van der Waals surface area (Å²) in [7, 11) is 0. The molecular formula is C7H10N2O3. The molecule has 0 spiro atoms. The van der Waals surface area contributed by atoms with E-state index in [0.717, 1.165) is 0 Å². The number of rotatable bonds is 3. The summed E-state index contributed by atoms with van der Waals surface area (Å²) in [4.78, 5) is 10.3. The van der Waals surface area contributed by atoms with Crippen LogP contribution < -0.4 is 11.5 Å². The second kappa shape index (κ2) is 3.27. The maximum Gasteiger partial charge on any atom is 0.305 e. The molecule has 1 heterocycles. The van der Waals surface area contributed by atoms with Gasteiger partial charge in [-0.2, -0.15) is 0 Å². The van der Waals surface area contributed by atoms with Crippen LogP contribution in [0.15, 0.2) is 16.9 Å². The molecule has 1 atom stereocenters. The Kier molecular flexibility index (Phi) is 2.35. The number of hydrogen-bond donors (Lipinski definition) is 3. The predicted molar refractivity (Wildman–Crippen MR) is 42.3 cm³/mol. The lowest BCUT2D eigenvalue weighted by molar-refractivity contribution is -0.137. The highest BCUT2D eigenvalue weighted by Gasteiger charge is 2.14. The standard InChI is InChI=1S/C7H10N2O3/c8-5(1-7(10)11)4-2-12-3-6(4)9/h2-3,5H,1,8-9H2,(H,10,11)/t5-/m1/s1. The molecule has 1 aromatic rings. The van der Waals surface area contributed by atoms with Crippen molar-refractivity contribution in [2.75, 3.05) is 5.73 Å². The van der Waals surface area contributed by atoms with Crippen LogP contribution in [0.2, 0.25) is 0 Å². The van der Waals surface area contributed by atoms with Crippen molar-refractivity contribution in [3.05, 3.63) is 18.1 Å². The molecule has 0 fully saturated rings. The van der Waals surface area contributed by atoms with Gasteiger partial charge in [0.25, 0.3) is 0 Å². The number of aliphatic carboxylic acids is 1. The molecule has 12 heavy (non-hydrogen) atoms. The number of carbonyl (C=O) groups is 1. The maximum atomic E-state index is 10.3. The van der Waals surface area contributed by atoms with Gasteiger partial charge in [-0.1, -0.05) is 0 Å². The van der Waals surface area contributed by atoms with E-state index >= 15 is 0 Å². The van der Waals surface area contributed by atoms with Gasteiger partial charge in [0.15, 0.2) is 0 Å². The van der Waals surface area contributed by atoms with E-state index in [0.29, 0.717) is 11.3 Å². The minimum absolute atomic E-state index is 0.149. The van der Waals surface area contributed by atoms with E-state index in [2.05, 4.69) is 0 Å². The van der Waals surface area contributed by atoms with Crippen LogP contribution in [-0.2, 0) is 4.79 Å². The number of nitrogen functional groups attached to an aromatic ring is 1. The molecule has 66 valence electrons. The van der Waals surface area contributed by atoms with Crippen LogP contribution in [0.1, 0.15) is 18.0 Å². The summed E-state index contributed by atoms with van der Waals surface area (Å²) in [5, 5.41) is 8.42. The fourth-order valence-electron chi connectivity index (χ4n) is 0.916. The highest BCUT2D eigenvalue weighted by molar-refractivity contribution is 5.68. The van der Waals surface area contributed by atoms with Gasteiger partial charge in [0.1, 0.15) is 6.26 Å². The first-order valence-electron chi connectivity index (χ1n) is 3.40. The third kappa shape index (κ3) is 1.76. The topological polar surface area (TPSA) is 102 Å². The van der Waals surface area contributed by atoms with Crippen molar-refractivity contribution in [3.8, 4) is 0 Å². The average Bonchev–Trinajstić information content (AvgIpc) is 2.33. The lowest BCUT2D eigenvalue weighted by atomic mass is 10.1. The lowest BCUT2D eigenvalue weighted by Crippen LogP contribution is -2.15. The van der Waals surface area contributed by atoms with Crippen molar-refractivity contribution in [3.63, 3.8) is 0 Å². The number of nitrogens with two attached hydrogens (primary N) is 2. The molecule has 0 unspecified atom stereocenters. The monoisotopic (exact) mass is 170 g/mol.